The van der Waals surface area contributed by atoms with Gasteiger partial charge in [-0.3, -0.25) is 4.31 Å². The van der Waals surface area contributed by atoms with Crippen LogP contribution in [0.3, 0.4) is 0 Å². The standard InChI is InChI=1S/C17H22N2O4S2/c1-13-10-14(2)17(11-16(13)19(3)24(4,20)21)25(22,23)18-12-15-8-6-5-7-9-15/h5-11,18H,12H2,1-4H3. The monoisotopic (exact) mass is 382 g/mol. The first-order valence-corrected chi connectivity index (χ1v) is 10.9. The molecule has 2 aromatic carbocycles. The molecule has 0 bridgehead atoms. The van der Waals surface area contributed by atoms with Gasteiger partial charge in [0, 0.05) is 13.6 Å². The molecule has 8 heteroatoms. The summed E-state index contributed by atoms with van der Waals surface area (Å²) in [5.41, 5.74) is 2.42. The molecule has 136 valence electrons. The molecule has 0 spiro atoms. The van der Waals surface area contributed by atoms with E-state index in [1.807, 2.05) is 30.3 Å². The summed E-state index contributed by atoms with van der Waals surface area (Å²) in [6.45, 7) is 3.60. The van der Waals surface area contributed by atoms with E-state index < -0.39 is 20.0 Å². The molecule has 0 heterocycles. The average molecular weight is 383 g/mol. The third-order valence-corrected chi connectivity index (χ3v) is 6.66. The van der Waals surface area contributed by atoms with Gasteiger partial charge in [-0.2, -0.15) is 0 Å². The number of anilines is 1. The SMILES string of the molecule is Cc1cc(C)c(S(=O)(=O)NCc2ccccc2)cc1N(C)S(C)(=O)=O. The van der Waals surface area contributed by atoms with E-state index in [1.54, 1.807) is 19.9 Å². The van der Waals surface area contributed by atoms with Crippen LogP contribution in [0.4, 0.5) is 5.69 Å². The van der Waals surface area contributed by atoms with Crippen LogP contribution < -0.4 is 9.03 Å². The second-order valence-electron chi connectivity index (χ2n) is 5.94. The van der Waals surface area contributed by atoms with Crippen molar-refractivity contribution in [3.63, 3.8) is 0 Å². The second-order valence-corrected chi connectivity index (χ2v) is 9.69. The summed E-state index contributed by atoms with van der Waals surface area (Å²) >= 11 is 0. The van der Waals surface area contributed by atoms with Crippen molar-refractivity contribution in [1.82, 2.24) is 4.72 Å². The molecule has 2 rings (SSSR count). The summed E-state index contributed by atoms with van der Waals surface area (Å²) in [6, 6.07) is 12.3. The van der Waals surface area contributed by atoms with Crippen molar-refractivity contribution < 1.29 is 16.8 Å². The number of nitrogens with one attached hydrogen (secondary N) is 1. The molecular weight excluding hydrogens is 360 g/mol. The van der Waals surface area contributed by atoms with Crippen molar-refractivity contribution >= 4 is 25.7 Å². The molecule has 0 atom stereocenters. The van der Waals surface area contributed by atoms with Gasteiger partial charge >= 0.3 is 0 Å². The number of hydrogen-bond acceptors (Lipinski definition) is 4. The summed E-state index contributed by atoms with van der Waals surface area (Å²) in [5.74, 6) is 0. The van der Waals surface area contributed by atoms with Gasteiger partial charge in [-0.1, -0.05) is 36.4 Å². The fourth-order valence-electron chi connectivity index (χ4n) is 2.48. The Kier molecular flexibility index (Phi) is 5.55. The van der Waals surface area contributed by atoms with E-state index in [0.29, 0.717) is 16.8 Å². The number of sulfonamides is 2. The Bertz CT molecular complexity index is 969. The number of nitrogens with zero attached hydrogens (tertiary/aromatic N) is 1. The fourth-order valence-corrected chi connectivity index (χ4v) is 4.30. The lowest BCUT2D eigenvalue weighted by atomic mass is 10.1. The molecule has 6 nitrogen and oxygen atoms in total. The number of aryl methyl sites for hydroxylation is 2. The van der Waals surface area contributed by atoms with E-state index in [2.05, 4.69) is 4.72 Å². The molecule has 0 aliphatic carbocycles. The molecule has 0 fully saturated rings. The van der Waals surface area contributed by atoms with Gasteiger partial charge in [0.1, 0.15) is 0 Å². The minimum Gasteiger partial charge on any atom is -0.273 e. The first-order chi connectivity index (χ1) is 11.5. The fraction of sp³-hybridized carbons (Fsp3) is 0.294. The van der Waals surface area contributed by atoms with Crippen LogP contribution >= 0.6 is 0 Å². The third-order valence-electron chi connectivity index (χ3n) is 3.93. The third kappa shape index (κ3) is 4.59. The van der Waals surface area contributed by atoms with Gasteiger partial charge in [0.2, 0.25) is 20.0 Å². The number of benzene rings is 2. The Morgan fingerprint density at radius 1 is 0.960 bits per heavy atom. The Morgan fingerprint density at radius 3 is 2.12 bits per heavy atom. The van der Waals surface area contributed by atoms with Crippen LogP contribution in [0.2, 0.25) is 0 Å². The Balaban J connectivity index is 2.40. The van der Waals surface area contributed by atoms with Crippen molar-refractivity contribution in [1.29, 1.82) is 0 Å². The maximum Gasteiger partial charge on any atom is 0.241 e. The molecule has 0 aliphatic heterocycles. The van der Waals surface area contributed by atoms with Crippen LogP contribution in [0.1, 0.15) is 16.7 Å². The minimum absolute atomic E-state index is 0.0690. The predicted octanol–water partition coefficient (Wildman–Crippen LogP) is 2.18. The van der Waals surface area contributed by atoms with Crippen molar-refractivity contribution in [2.24, 2.45) is 0 Å². The summed E-state index contributed by atoms with van der Waals surface area (Å²) < 4.78 is 52.6. The average Bonchev–Trinajstić information content (AvgIpc) is 2.52. The largest absolute Gasteiger partial charge is 0.273 e. The topological polar surface area (TPSA) is 83.6 Å². The summed E-state index contributed by atoms with van der Waals surface area (Å²) in [7, 11) is -5.87. The minimum atomic E-state index is -3.78. The van der Waals surface area contributed by atoms with Gasteiger partial charge in [-0.25, -0.2) is 21.6 Å². The summed E-state index contributed by atoms with van der Waals surface area (Å²) in [5, 5.41) is 0. The lowest BCUT2D eigenvalue weighted by Gasteiger charge is -2.21. The highest BCUT2D eigenvalue weighted by molar-refractivity contribution is 7.92. The molecule has 25 heavy (non-hydrogen) atoms. The molecule has 0 amide bonds. The lowest BCUT2D eigenvalue weighted by molar-refractivity contribution is 0.580. The number of hydrogen-bond donors (Lipinski definition) is 1. The zero-order chi connectivity index (χ0) is 18.8. The van der Waals surface area contributed by atoms with E-state index in [0.717, 1.165) is 16.1 Å². The molecule has 0 saturated carbocycles. The highest BCUT2D eigenvalue weighted by Gasteiger charge is 2.22. The van der Waals surface area contributed by atoms with Crippen molar-refractivity contribution in [2.45, 2.75) is 25.3 Å². The van der Waals surface area contributed by atoms with Crippen LogP contribution in [-0.4, -0.2) is 30.1 Å². The Hall–Kier alpha value is -1.90. The lowest BCUT2D eigenvalue weighted by Crippen LogP contribution is -2.27. The Labute approximate surface area is 149 Å². The van der Waals surface area contributed by atoms with Gasteiger partial charge in [0.25, 0.3) is 0 Å². The molecular formula is C17H22N2O4S2. The van der Waals surface area contributed by atoms with E-state index in [-0.39, 0.29) is 11.4 Å². The molecule has 0 aliphatic rings. The highest BCUT2D eigenvalue weighted by atomic mass is 32.2. The quantitative estimate of drug-likeness (QED) is 0.830. The van der Waals surface area contributed by atoms with Gasteiger partial charge < -0.3 is 0 Å². The summed E-state index contributed by atoms with van der Waals surface area (Å²) in [4.78, 5) is 0.0690. The van der Waals surface area contributed by atoms with Crippen LogP contribution in [0, 0.1) is 13.8 Å². The first kappa shape index (κ1) is 19.4. The highest BCUT2D eigenvalue weighted by Crippen LogP contribution is 2.28. The molecule has 1 N–H and O–H groups in total. The van der Waals surface area contributed by atoms with Crippen molar-refractivity contribution in [2.75, 3.05) is 17.6 Å². The van der Waals surface area contributed by atoms with Gasteiger partial charge in [-0.15, -0.1) is 0 Å². The van der Waals surface area contributed by atoms with Crippen LogP contribution in [0.25, 0.3) is 0 Å². The van der Waals surface area contributed by atoms with E-state index in [9.17, 15) is 16.8 Å². The van der Waals surface area contributed by atoms with Crippen molar-refractivity contribution in [3.05, 3.63) is 59.2 Å². The predicted molar refractivity (Wildman–Crippen MR) is 99.6 cm³/mol. The van der Waals surface area contributed by atoms with Crippen LogP contribution in [0.5, 0.6) is 0 Å². The first-order valence-electron chi connectivity index (χ1n) is 7.61. The zero-order valence-corrected chi connectivity index (χ0v) is 16.3. The zero-order valence-electron chi connectivity index (χ0n) is 14.6. The maximum absolute atomic E-state index is 12.7. The Morgan fingerprint density at radius 2 is 1.56 bits per heavy atom. The molecule has 2 aromatic rings. The van der Waals surface area contributed by atoms with E-state index >= 15 is 0 Å². The molecule has 0 saturated heterocycles. The van der Waals surface area contributed by atoms with Gasteiger partial charge in [0.05, 0.1) is 16.8 Å². The van der Waals surface area contributed by atoms with Crippen LogP contribution in [0.15, 0.2) is 47.4 Å². The smallest absolute Gasteiger partial charge is 0.241 e. The van der Waals surface area contributed by atoms with Crippen molar-refractivity contribution in [3.8, 4) is 0 Å². The van der Waals surface area contributed by atoms with Crippen LogP contribution in [-0.2, 0) is 26.6 Å². The summed E-state index contributed by atoms with van der Waals surface area (Å²) in [6.07, 6.45) is 1.08. The molecule has 0 unspecified atom stereocenters. The maximum atomic E-state index is 12.7. The van der Waals surface area contributed by atoms with E-state index in [4.69, 9.17) is 0 Å². The molecule has 0 aromatic heterocycles. The number of rotatable bonds is 6. The normalized spacial score (nSPS) is 12.2. The van der Waals surface area contributed by atoms with E-state index in [1.165, 1.54) is 13.1 Å². The molecule has 0 radical (unpaired) electrons. The second kappa shape index (κ2) is 7.15. The van der Waals surface area contributed by atoms with Gasteiger partial charge in [0.15, 0.2) is 0 Å². The van der Waals surface area contributed by atoms with Gasteiger partial charge in [-0.05, 0) is 36.6 Å².